The molecule has 1 N–H and O–H groups in total. The van der Waals surface area contributed by atoms with Gasteiger partial charge in [0.05, 0.1) is 6.10 Å². The lowest BCUT2D eigenvalue weighted by atomic mass is 10.1. The average molecular weight is 315 g/mol. The van der Waals surface area contributed by atoms with E-state index in [0.29, 0.717) is 10.3 Å². The van der Waals surface area contributed by atoms with Crippen LogP contribution in [-0.2, 0) is 4.74 Å². The van der Waals surface area contributed by atoms with E-state index >= 15 is 0 Å². The number of carbonyl (C=O) groups is 1. The topological polar surface area (TPSA) is 62.7 Å². The fourth-order valence-corrected chi connectivity index (χ4v) is 2.48. The number of carboxylic acids is 1. The van der Waals surface area contributed by atoms with Crippen molar-refractivity contribution in [1.29, 1.82) is 0 Å². The Labute approximate surface area is 114 Å². The molecule has 0 saturated carbocycles. The molecule has 0 aromatic carbocycles. The maximum atomic E-state index is 11.2. The van der Waals surface area contributed by atoms with Crippen LogP contribution in [0.2, 0.25) is 0 Å². The van der Waals surface area contributed by atoms with Crippen molar-refractivity contribution in [3.8, 4) is 0 Å². The number of ether oxygens (including phenoxy) is 1. The second-order valence-corrected chi connectivity index (χ2v) is 5.17. The van der Waals surface area contributed by atoms with E-state index in [0.717, 1.165) is 25.9 Å². The van der Waals surface area contributed by atoms with Gasteiger partial charge < -0.3 is 14.7 Å². The van der Waals surface area contributed by atoms with Crippen LogP contribution < -0.4 is 4.90 Å². The Kier molecular flexibility index (Phi) is 4.19. The molecule has 6 heteroatoms. The lowest BCUT2D eigenvalue weighted by Gasteiger charge is -2.32. The molecule has 1 aliphatic heterocycles. The Morgan fingerprint density at radius 2 is 2.22 bits per heavy atom. The number of hydrogen-bond acceptors (Lipinski definition) is 4. The number of piperidine rings is 1. The highest BCUT2D eigenvalue weighted by Gasteiger charge is 2.23. The molecule has 18 heavy (non-hydrogen) atoms. The highest BCUT2D eigenvalue weighted by atomic mass is 79.9. The second kappa shape index (κ2) is 5.67. The summed E-state index contributed by atoms with van der Waals surface area (Å²) in [4.78, 5) is 17.5. The second-order valence-electron chi connectivity index (χ2n) is 4.25. The first-order valence-corrected chi connectivity index (χ1v) is 6.57. The fourth-order valence-electron chi connectivity index (χ4n) is 2.14. The van der Waals surface area contributed by atoms with Crippen LogP contribution in [0.4, 0.5) is 5.82 Å². The van der Waals surface area contributed by atoms with Crippen molar-refractivity contribution in [3.05, 3.63) is 22.3 Å². The Hall–Kier alpha value is -1.14. The van der Waals surface area contributed by atoms with Crippen molar-refractivity contribution in [3.63, 3.8) is 0 Å². The van der Waals surface area contributed by atoms with Crippen LogP contribution in [-0.4, -0.2) is 42.4 Å². The smallest absolute Gasteiger partial charge is 0.339 e. The number of hydrogen-bond donors (Lipinski definition) is 1. The first-order chi connectivity index (χ1) is 8.61. The largest absolute Gasteiger partial charge is 0.478 e. The summed E-state index contributed by atoms with van der Waals surface area (Å²) in [7, 11) is 1.71. The third kappa shape index (κ3) is 2.81. The predicted octanol–water partition coefficient (Wildman–Crippen LogP) is 2.16. The number of pyridine rings is 1. The molecule has 1 aromatic rings. The summed E-state index contributed by atoms with van der Waals surface area (Å²) in [5.41, 5.74) is 0.236. The minimum atomic E-state index is -0.951. The molecule has 1 aromatic heterocycles. The number of nitrogens with zero attached hydrogens (tertiary/aromatic N) is 2. The number of anilines is 1. The third-order valence-electron chi connectivity index (χ3n) is 3.14. The summed E-state index contributed by atoms with van der Waals surface area (Å²) >= 11 is 3.25. The van der Waals surface area contributed by atoms with E-state index in [1.54, 1.807) is 19.4 Å². The van der Waals surface area contributed by atoms with Crippen molar-refractivity contribution >= 4 is 27.7 Å². The summed E-state index contributed by atoms with van der Waals surface area (Å²) in [6, 6.07) is 1.59. The van der Waals surface area contributed by atoms with Crippen LogP contribution in [0.3, 0.4) is 0 Å². The van der Waals surface area contributed by atoms with Crippen molar-refractivity contribution < 1.29 is 14.6 Å². The van der Waals surface area contributed by atoms with Gasteiger partial charge in [-0.3, -0.25) is 0 Å². The molecule has 1 saturated heterocycles. The maximum Gasteiger partial charge on any atom is 0.339 e. The molecule has 0 unspecified atom stereocenters. The van der Waals surface area contributed by atoms with E-state index in [9.17, 15) is 9.90 Å². The van der Waals surface area contributed by atoms with E-state index in [1.165, 1.54) is 0 Å². The molecule has 1 aliphatic rings. The number of carboxylic acid groups (broad SMARTS) is 1. The molecule has 2 rings (SSSR count). The van der Waals surface area contributed by atoms with Crippen molar-refractivity contribution in [2.75, 3.05) is 25.1 Å². The van der Waals surface area contributed by atoms with Gasteiger partial charge in [0.25, 0.3) is 0 Å². The minimum absolute atomic E-state index is 0.236. The van der Waals surface area contributed by atoms with Gasteiger partial charge in [0.15, 0.2) is 0 Å². The number of halogens is 1. The number of aromatic nitrogens is 1. The van der Waals surface area contributed by atoms with Crippen molar-refractivity contribution in [1.82, 2.24) is 4.98 Å². The highest BCUT2D eigenvalue weighted by Crippen LogP contribution is 2.25. The van der Waals surface area contributed by atoms with E-state index in [2.05, 4.69) is 20.9 Å². The van der Waals surface area contributed by atoms with Gasteiger partial charge in [0, 0.05) is 30.9 Å². The minimum Gasteiger partial charge on any atom is -0.478 e. The summed E-state index contributed by atoms with van der Waals surface area (Å²) in [6.07, 6.45) is 3.69. The van der Waals surface area contributed by atoms with Crippen LogP contribution in [0.1, 0.15) is 23.2 Å². The molecule has 0 atom stereocenters. The van der Waals surface area contributed by atoms with Crippen LogP contribution in [0.5, 0.6) is 0 Å². The van der Waals surface area contributed by atoms with Gasteiger partial charge in [-0.25, -0.2) is 9.78 Å². The van der Waals surface area contributed by atoms with Crippen LogP contribution >= 0.6 is 15.9 Å². The van der Waals surface area contributed by atoms with Crippen molar-refractivity contribution in [2.24, 2.45) is 0 Å². The summed E-state index contributed by atoms with van der Waals surface area (Å²) < 4.78 is 5.98. The summed E-state index contributed by atoms with van der Waals surface area (Å²) in [5.74, 6) is -0.409. The zero-order valence-corrected chi connectivity index (χ0v) is 11.7. The van der Waals surface area contributed by atoms with Crippen LogP contribution in [0.25, 0.3) is 0 Å². The number of aromatic carboxylic acids is 1. The van der Waals surface area contributed by atoms with Crippen molar-refractivity contribution in [2.45, 2.75) is 18.9 Å². The third-order valence-corrected chi connectivity index (χ3v) is 3.57. The van der Waals surface area contributed by atoms with Crippen LogP contribution in [0, 0.1) is 0 Å². The number of rotatable bonds is 3. The normalized spacial score (nSPS) is 16.9. The average Bonchev–Trinajstić information content (AvgIpc) is 2.39. The molecule has 1 fully saturated rings. The van der Waals surface area contributed by atoms with E-state index in [4.69, 9.17) is 4.74 Å². The van der Waals surface area contributed by atoms with Gasteiger partial charge in [-0.15, -0.1) is 0 Å². The van der Waals surface area contributed by atoms with Gasteiger partial charge in [-0.1, -0.05) is 0 Å². The zero-order chi connectivity index (χ0) is 13.1. The summed E-state index contributed by atoms with van der Waals surface area (Å²) in [5, 5.41) is 9.21. The van der Waals surface area contributed by atoms with Gasteiger partial charge in [-0.2, -0.15) is 0 Å². The highest BCUT2D eigenvalue weighted by molar-refractivity contribution is 9.10. The molecule has 98 valence electrons. The predicted molar refractivity (Wildman–Crippen MR) is 71.1 cm³/mol. The number of methoxy groups -OCH3 is 1. The molecule has 5 nitrogen and oxygen atoms in total. The molecule has 2 heterocycles. The molecule has 0 amide bonds. The maximum absolute atomic E-state index is 11.2. The SMILES string of the molecule is COC1CCN(c2ncc(Br)cc2C(=O)O)CC1. The van der Waals surface area contributed by atoms with E-state index in [1.807, 2.05) is 4.90 Å². The van der Waals surface area contributed by atoms with Gasteiger partial charge in [-0.05, 0) is 34.8 Å². The quantitative estimate of drug-likeness (QED) is 0.926. The molecule has 0 spiro atoms. The van der Waals surface area contributed by atoms with E-state index < -0.39 is 5.97 Å². The molecule has 0 aliphatic carbocycles. The Bertz CT molecular complexity index is 445. The zero-order valence-electron chi connectivity index (χ0n) is 10.1. The first kappa shape index (κ1) is 13.3. The Morgan fingerprint density at radius 1 is 1.56 bits per heavy atom. The summed E-state index contributed by atoms with van der Waals surface area (Å²) in [6.45, 7) is 1.54. The monoisotopic (exact) mass is 314 g/mol. The Morgan fingerprint density at radius 3 is 2.78 bits per heavy atom. The molecular weight excluding hydrogens is 300 g/mol. The lowest BCUT2D eigenvalue weighted by molar-refractivity contribution is 0.0695. The fraction of sp³-hybridized carbons (Fsp3) is 0.500. The van der Waals surface area contributed by atoms with Crippen LogP contribution in [0.15, 0.2) is 16.7 Å². The molecule has 0 radical (unpaired) electrons. The standard InChI is InChI=1S/C12H15BrN2O3/c1-18-9-2-4-15(5-3-9)11-10(12(16)17)6-8(13)7-14-11/h6-7,9H,2-5H2,1H3,(H,16,17). The molecular formula is C12H15BrN2O3. The molecule has 0 bridgehead atoms. The van der Waals surface area contributed by atoms with Gasteiger partial charge in [0.1, 0.15) is 11.4 Å². The van der Waals surface area contributed by atoms with Gasteiger partial charge in [0.2, 0.25) is 0 Å². The Balaban J connectivity index is 2.21. The first-order valence-electron chi connectivity index (χ1n) is 5.78. The lowest BCUT2D eigenvalue weighted by Crippen LogP contribution is -2.38. The van der Waals surface area contributed by atoms with Gasteiger partial charge >= 0.3 is 5.97 Å². The van der Waals surface area contributed by atoms with E-state index in [-0.39, 0.29) is 11.7 Å².